The molecule has 4 nitrogen and oxygen atoms in total. The molecule has 0 aliphatic heterocycles. The maximum atomic E-state index is 11.7. The lowest BCUT2D eigenvalue weighted by Gasteiger charge is -2.19. The monoisotopic (exact) mass is 405 g/mol. The van der Waals surface area contributed by atoms with Crippen molar-refractivity contribution in [3.05, 3.63) is 23.8 Å². The second-order valence-electron chi connectivity index (χ2n) is 9.39. The van der Waals surface area contributed by atoms with E-state index in [1.54, 1.807) is 4.90 Å². The average Bonchev–Trinajstić information content (AvgIpc) is 3.19. The summed E-state index contributed by atoms with van der Waals surface area (Å²) in [6, 6.07) is 0. The van der Waals surface area contributed by atoms with E-state index >= 15 is 0 Å². The number of unbranched alkanes of at least 4 members (excludes halogenated alkanes) is 5. The van der Waals surface area contributed by atoms with E-state index in [0.717, 1.165) is 44.9 Å². The molecule has 4 heteroatoms. The molecule has 29 heavy (non-hydrogen) atoms. The van der Waals surface area contributed by atoms with E-state index in [4.69, 9.17) is 0 Å². The minimum Gasteiger partial charge on any atom is -0.392 e. The minimum atomic E-state index is -0.383. The summed E-state index contributed by atoms with van der Waals surface area (Å²) in [6.45, 7) is 2.22. The van der Waals surface area contributed by atoms with Crippen LogP contribution in [0.3, 0.4) is 0 Å². The van der Waals surface area contributed by atoms with Gasteiger partial charge in [-0.05, 0) is 50.4 Å². The number of hydrogen-bond donors (Lipinski definition) is 2. The molecule has 0 aromatic heterocycles. The number of carbonyl (C=O) groups is 1. The van der Waals surface area contributed by atoms with Crippen molar-refractivity contribution in [1.29, 1.82) is 0 Å². The molecule has 2 N–H and O–H groups in total. The predicted octanol–water partition coefficient (Wildman–Crippen LogP) is 4.86. The second kappa shape index (κ2) is 12.5. The van der Waals surface area contributed by atoms with E-state index in [2.05, 4.69) is 19.1 Å². The number of fused-ring (bicyclic) bond motifs is 1. The fourth-order valence-corrected chi connectivity index (χ4v) is 4.95. The molecule has 0 saturated heterocycles. The molecule has 1 fully saturated rings. The van der Waals surface area contributed by atoms with Crippen LogP contribution < -0.4 is 0 Å². The average molecular weight is 406 g/mol. The third-order valence-corrected chi connectivity index (χ3v) is 6.75. The van der Waals surface area contributed by atoms with Crippen molar-refractivity contribution in [2.75, 3.05) is 14.1 Å². The van der Waals surface area contributed by atoms with Crippen LogP contribution in [0.2, 0.25) is 0 Å². The van der Waals surface area contributed by atoms with Crippen LogP contribution in [0.25, 0.3) is 0 Å². The molecular weight excluding hydrogens is 362 g/mol. The Morgan fingerprint density at radius 2 is 1.97 bits per heavy atom. The molecule has 2 aliphatic carbocycles. The van der Waals surface area contributed by atoms with Crippen molar-refractivity contribution in [2.24, 2.45) is 17.8 Å². The van der Waals surface area contributed by atoms with Crippen molar-refractivity contribution >= 4 is 5.91 Å². The summed E-state index contributed by atoms with van der Waals surface area (Å²) in [4.78, 5) is 13.3. The van der Waals surface area contributed by atoms with E-state index in [9.17, 15) is 15.0 Å². The molecule has 166 valence electrons. The highest BCUT2D eigenvalue weighted by molar-refractivity contribution is 5.75. The van der Waals surface area contributed by atoms with E-state index in [1.807, 2.05) is 20.2 Å². The first-order valence-corrected chi connectivity index (χ1v) is 11.9. The van der Waals surface area contributed by atoms with Gasteiger partial charge in [-0.25, -0.2) is 0 Å². The molecule has 1 saturated carbocycles. The van der Waals surface area contributed by atoms with Gasteiger partial charge in [0, 0.05) is 26.4 Å². The maximum absolute atomic E-state index is 11.7. The molecule has 1 amide bonds. The molecule has 0 aromatic carbocycles. The van der Waals surface area contributed by atoms with Crippen LogP contribution in [-0.4, -0.2) is 47.3 Å². The number of aliphatic hydroxyl groups excluding tert-OH is 2. The Balaban J connectivity index is 1.71. The van der Waals surface area contributed by atoms with Crippen LogP contribution >= 0.6 is 0 Å². The largest absolute Gasteiger partial charge is 0.392 e. The van der Waals surface area contributed by atoms with Crippen LogP contribution in [0.1, 0.15) is 84.0 Å². The van der Waals surface area contributed by atoms with Crippen LogP contribution in [0.4, 0.5) is 0 Å². The molecule has 0 radical (unpaired) electrons. The Bertz CT molecular complexity index is 554. The summed E-state index contributed by atoms with van der Waals surface area (Å²) in [5.74, 6) is 1.33. The summed E-state index contributed by atoms with van der Waals surface area (Å²) < 4.78 is 0. The number of rotatable bonds is 13. The summed E-state index contributed by atoms with van der Waals surface area (Å²) in [5, 5.41) is 20.7. The number of amides is 1. The first-order chi connectivity index (χ1) is 13.9. The topological polar surface area (TPSA) is 60.8 Å². The van der Waals surface area contributed by atoms with Gasteiger partial charge in [-0.2, -0.15) is 0 Å². The molecule has 0 aromatic rings. The molecule has 2 aliphatic rings. The molecule has 0 spiro atoms. The van der Waals surface area contributed by atoms with Crippen molar-refractivity contribution in [3.8, 4) is 0 Å². The SMILES string of the molecule is CCCCCCC[C@H](O)C=C[C@@H]1[C@H]2CC(CCCCC(=O)N(C)C)=C[C@H]2C[C@H]1O. The first-order valence-electron chi connectivity index (χ1n) is 11.9. The molecule has 0 bridgehead atoms. The number of nitrogens with zero attached hydrogens (tertiary/aromatic N) is 1. The van der Waals surface area contributed by atoms with Gasteiger partial charge in [-0.3, -0.25) is 4.79 Å². The van der Waals surface area contributed by atoms with Crippen LogP contribution in [0, 0.1) is 17.8 Å². The quantitative estimate of drug-likeness (QED) is 0.340. The number of carbonyl (C=O) groups excluding carboxylic acids is 1. The summed E-state index contributed by atoms with van der Waals surface area (Å²) in [5.41, 5.74) is 1.50. The standard InChI is InChI=1S/C25H43NO3/c1-4-5-6-7-8-12-21(27)14-15-22-23-17-19(16-20(23)18-24(22)28)11-9-10-13-25(29)26(2)3/h14-16,20-24,27-28H,4-13,17-18H2,1-3H3/t20-,21-,22+,23-,24+/m0/s1. The van der Waals surface area contributed by atoms with E-state index < -0.39 is 0 Å². The zero-order valence-corrected chi connectivity index (χ0v) is 18.9. The highest BCUT2D eigenvalue weighted by Gasteiger charge is 2.43. The molecular formula is C25H43NO3. The molecule has 2 rings (SSSR count). The number of hydrogen-bond acceptors (Lipinski definition) is 3. The summed E-state index contributed by atoms with van der Waals surface area (Å²) >= 11 is 0. The van der Waals surface area contributed by atoms with Crippen molar-refractivity contribution in [1.82, 2.24) is 4.90 Å². The third-order valence-electron chi connectivity index (χ3n) is 6.75. The maximum Gasteiger partial charge on any atom is 0.222 e. The highest BCUT2D eigenvalue weighted by atomic mass is 16.3. The van der Waals surface area contributed by atoms with Crippen molar-refractivity contribution in [2.45, 2.75) is 96.2 Å². The van der Waals surface area contributed by atoms with Gasteiger partial charge in [0.2, 0.25) is 5.91 Å². The highest BCUT2D eigenvalue weighted by Crippen LogP contribution is 2.48. The van der Waals surface area contributed by atoms with Gasteiger partial charge in [0.05, 0.1) is 12.2 Å². The van der Waals surface area contributed by atoms with Gasteiger partial charge in [0.15, 0.2) is 0 Å². The molecule has 0 unspecified atom stereocenters. The summed E-state index contributed by atoms with van der Waals surface area (Å²) in [6.07, 6.45) is 18.2. The van der Waals surface area contributed by atoms with E-state index in [-0.39, 0.29) is 24.0 Å². The van der Waals surface area contributed by atoms with Crippen molar-refractivity contribution in [3.63, 3.8) is 0 Å². The Hall–Kier alpha value is -1.13. The number of allylic oxidation sites excluding steroid dienone is 2. The zero-order chi connectivity index (χ0) is 21.2. The predicted molar refractivity (Wildman–Crippen MR) is 119 cm³/mol. The van der Waals surface area contributed by atoms with Gasteiger partial charge in [0.1, 0.15) is 0 Å². The van der Waals surface area contributed by atoms with Gasteiger partial charge in [0.25, 0.3) is 0 Å². The third kappa shape index (κ3) is 7.90. The van der Waals surface area contributed by atoms with Crippen LogP contribution in [0.5, 0.6) is 0 Å². The Kier molecular flexibility index (Phi) is 10.4. The van der Waals surface area contributed by atoms with Crippen molar-refractivity contribution < 1.29 is 15.0 Å². The normalized spacial score (nSPS) is 27.3. The Morgan fingerprint density at radius 1 is 1.21 bits per heavy atom. The smallest absolute Gasteiger partial charge is 0.222 e. The van der Waals surface area contributed by atoms with Gasteiger partial charge >= 0.3 is 0 Å². The Morgan fingerprint density at radius 3 is 2.69 bits per heavy atom. The summed E-state index contributed by atoms with van der Waals surface area (Å²) in [7, 11) is 3.62. The lowest BCUT2D eigenvalue weighted by molar-refractivity contribution is -0.128. The fraction of sp³-hybridized carbons (Fsp3) is 0.800. The zero-order valence-electron chi connectivity index (χ0n) is 18.9. The second-order valence-corrected chi connectivity index (χ2v) is 9.39. The van der Waals surface area contributed by atoms with E-state index in [0.29, 0.717) is 18.3 Å². The first kappa shape index (κ1) is 24.1. The minimum absolute atomic E-state index is 0.166. The van der Waals surface area contributed by atoms with E-state index in [1.165, 1.54) is 31.3 Å². The van der Waals surface area contributed by atoms with Crippen LogP contribution in [0.15, 0.2) is 23.8 Å². The van der Waals surface area contributed by atoms with Crippen LogP contribution in [-0.2, 0) is 4.79 Å². The van der Waals surface area contributed by atoms with Gasteiger partial charge < -0.3 is 15.1 Å². The molecule has 5 atom stereocenters. The fourth-order valence-electron chi connectivity index (χ4n) is 4.95. The Labute approximate surface area is 178 Å². The lowest BCUT2D eigenvalue weighted by atomic mass is 9.88. The number of aliphatic hydroxyl groups is 2. The lowest BCUT2D eigenvalue weighted by Crippen LogP contribution is -2.21. The molecule has 0 heterocycles. The van der Waals surface area contributed by atoms with Gasteiger partial charge in [-0.1, -0.05) is 62.8 Å². The van der Waals surface area contributed by atoms with Gasteiger partial charge in [-0.15, -0.1) is 0 Å².